The number of carbonyl (C=O) groups excluding carboxylic acids is 1. The van der Waals surface area contributed by atoms with Crippen molar-refractivity contribution in [1.29, 1.82) is 0 Å². The molecule has 1 unspecified atom stereocenters. The predicted octanol–water partition coefficient (Wildman–Crippen LogP) is 5.78. The van der Waals surface area contributed by atoms with Crippen LogP contribution in [0.4, 0.5) is 0 Å². The topological polar surface area (TPSA) is 25.2 Å². The fraction of sp³-hybridized carbons (Fsp3) is 0.320. The van der Waals surface area contributed by atoms with E-state index in [0.717, 1.165) is 18.5 Å². The first kappa shape index (κ1) is 18.5. The Bertz CT molecular complexity index is 1090. The van der Waals surface area contributed by atoms with Gasteiger partial charge >= 0.3 is 0 Å². The van der Waals surface area contributed by atoms with E-state index in [2.05, 4.69) is 85.8 Å². The van der Waals surface area contributed by atoms with Gasteiger partial charge in [-0.15, -0.1) is 0 Å². The molecule has 1 aromatic heterocycles. The number of fused-ring (bicyclic) bond motifs is 1. The van der Waals surface area contributed by atoms with E-state index in [1.165, 1.54) is 38.9 Å². The molecule has 2 aromatic carbocycles. The van der Waals surface area contributed by atoms with Gasteiger partial charge in [-0.05, 0) is 44.4 Å². The van der Waals surface area contributed by atoms with Crippen molar-refractivity contribution in [3.63, 3.8) is 0 Å². The maximum atomic E-state index is 13.0. The number of benzene rings is 2. The van der Waals surface area contributed by atoms with Crippen LogP contribution < -0.4 is 0 Å². The average Bonchev–Trinajstić information content (AvgIpc) is 3.10. The van der Waals surface area contributed by atoms with Gasteiger partial charge in [-0.2, -0.15) is 0 Å². The monoisotopic (exact) mass is 372 g/mol. The maximum absolute atomic E-state index is 13.0. The van der Waals surface area contributed by atoms with Gasteiger partial charge in [0, 0.05) is 35.6 Å². The van der Waals surface area contributed by atoms with Crippen molar-refractivity contribution in [3.05, 3.63) is 70.8 Å². The molecular formula is C25H28N2O. The van der Waals surface area contributed by atoms with Gasteiger partial charge in [-0.3, -0.25) is 4.79 Å². The third kappa shape index (κ3) is 2.69. The standard InChI is InChI=1S/C25H28N2O/c1-6-15-27-23(17(3)18(4)25(27)28)22-20-9-7-8-10-21(20)26(5)24(22)19-13-11-16(2)12-14-19/h7-14,23H,6,15H2,1-5H3. The van der Waals surface area contributed by atoms with Gasteiger partial charge in [0.1, 0.15) is 0 Å². The summed E-state index contributed by atoms with van der Waals surface area (Å²) in [5.41, 5.74) is 8.16. The quantitative estimate of drug-likeness (QED) is 0.569. The number of para-hydroxylation sites is 1. The Labute approximate surface area is 167 Å². The van der Waals surface area contributed by atoms with Crippen molar-refractivity contribution in [2.45, 2.75) is 40.2 Å². The molecule has 4 rings (SSSR count). The van der Waals surface area contributed by atoms with Gasteiger partial charge in [-0.25, -0.2) is 0 Å². The van der Waals surface area contributed by atoms with E-state index in [0.29, 0.717) is 0 Å². The molecule has 0 spiro atoms. The zero-order valence-corrected chi connectivity index (χ0v) is 17.4. The highest BCUT2D eigenvalue weighted by atomic mass is 16.2. The minimum Gasteiger partial charge on any atom is -0.343 e. The smallest absolute Gasteiger partial charge is 0.250 e. The first-order valence-corrected chi connectivity index (χ1v) is 10.1. The van der Waals surface area contributed by atoms with Gasteiger partial charge < -0.3 is 9.47 Å². The van der Waals surface area contributed by atoms with E-state index in [1.807, 2.05) is 6.92 Å². The second-order valence-electron chi connectivity index (χ2n) is 7.91. The number of carbonyl (C=O) groups is 1. The summed E-state index contributed by atoms with van der Waals surface area (Å²) >= 11 is 0. The molecule has 28 heavy (non-hydrogen) atoms. The van der Waals surface area contributed by atoms with Crippen molar-refractivity contribution in [2.75, 3.05) is 6.54 Å². The summed E-state index contributed by atoms with van der Waals surface area (Å²) < 4.78 is 2.28. The normalized spacial score (nSPS) is 17.2. The van der Waals surface area contributed by atoms with Crippen LogP contribution in [0.25, 0.3) is 22.2 Å². The molecule has 2 heterocycles. The minimum absolute atomic E-state index is 0.00477. The molecule has 0 bridgehead atoms. The zero-order chi connectivity index (χ0) is 20.0. The van der Waals surface area contributed by atoms with E-state index in [1.54, 1.807) is 0 Å². The summed E-state index contributed by atoms with van der Waals surface area (Å²) in [5, 5.41) is 1.23. The molecule has 0 saturated heterocycles. The highest BCUT2D eigenvalue weighted by molar-refractivity contribution is 6.00. The average molecular weight is 373 g/mol. The van der Waals surface area contributed by atoms with Crippen LogP contribution >= 0.6 is 0 Å². The molecule has 1 aliphatic rings. The third-order valence-corrected chi connectivity index (χ3v) is 6.10. The molecule has 3 heteroatoms. The molecule has 3 aromatic rings. The Balaban J connectivity index is 2.04. The van der Waals surface area contributed by atoms with Crippen molar-refractivity contribution in [1.82, 2.24) is 9.47 Å². The molecule has 144 valence electrons. The van der Waals surface area contributed by atoms with Crippen molar-refractivity contribution < 1.29 is 4.79 Å². The molecule has 3 nitrogen and oxygen atoms in total. The predicted molar refractivity (Wildman–Crippen MR) is 116 cm³/mol. The zero-order valence-electron chi connectivity index (χ0n) is 17.4. The first-order valence-electron chi connectivity index (χ1n) is 10.1. The van der Waals surface area contributed by atoms with Crippen molar-refractivity contribution in [2.24, 2.45) is 7.05 Å². The molecule has 1 aliphatic heterocycles. The molecule has 0 saturated carbocycles. The van der Waals surface area contributed by atoms with Gasteiger partial charge in [0.05, 0.1) is 11.7 Å². The number of aromatic nitrogens is 1. The molecule has 0 aliphatic carbocycles. The van der Waals surface area contributed by atoms with E-state index >= 15 is 0 Å². The minimum atomic E-state index is -0.00477. The molecule has 1 amide bonds. The summed E-state index contributed by atoms with van der Waals surface area (Å²) in [6.07, 6.45) is 0.952. The largest absolute Gasteiger partial charge is 0.343 e. The third-order valence-electron chi connectivity index (χ3n) is 6.10. The molecule has 1 atom stereocenters. The Hall–Kier alpha value is -2.81. The van der Waals surface area contributed by atoms with Crippen LogP contribution in [0.1, 0.15) is 44.4 Å². The lowest BCUT2D eigenvalue weighted by Gasteiger charge is -2.27. The number of hydrogen-bond donors (Lipinski definition) is 0. The number of aryl methyl sites for hydroxylation is 2. The van der Waals surface area contributed by atoms with Crippen LogP contribution in [0.2, 0.25) is 0 Å². The van der Waals surface area contributed by atoms with Gasteiger partial charge in [0.25, 0.3) is 0 Å². The molecule has 0 fully saturated rings. The van der Waals surface area contributed by atoms with E-state index in [-0.39, 0.29) is 11.9 Å². The van der Waals surface area contributed by atoms with E-state index in [4.69, 9.17) is 0 Å². The lowest BCUT2D eigenvalue weighted by Crippen LogP contribution is -2.31. The van der Waals surface area contributed by atoms with E-state index in [9.17, 15) is 4.79 Å². The second-order valence-corrected chi connectivity index (χ2v) is 7.91. The Morgan fingerprint density at radius 1 is 0.964 bits per heavy atom. The first-order chi connectivity index (χ1) is 13.5. The Kier molecular flexibility index (Phi) is 4.62. The number of rotatable bonds is 4. The van der Waals surface area contributed by atoms with Crippen LogP contribution in [-0.4, -0.2) is 21.9 Å². The summed E-state index contributed by atoms with van der Waals surface area (Å²) in [4.78, 5) is 15.0. The van der Waals surface area contributed by atoms with Crippen LogP contribution in [0.5, 0.6) is 0 Å². The highest BCUT2D eigenvalue weighted by Crippen LogP contribution is 2.46. The number of amides is 1. The summed E-state index contributed by atoms with van der Waals surface area (Å²) in [6, 6.07) is 17.2. The van der Waals surface area contributed by atoms with Crippen LogP contribution in [0, 0.1) is 6.92 Å². The SMILES string of the molecule is CCCN1C(=O)C(C)=C(C)C1c1c(-c2ccc(C)cc2)n(C)c2ccccc12. The number of nitrogens with zero attached hydrogens (tertiary/aromatic N) is 2. The lowest BCUT2D eigenvalue weighted by molar-refractivity contribution is -0.127. The van der Waals surface area contributed by atoms with Gasteiger partial charge in [-0.1, -0.05) is 55.0 Å². The second kappa shape index (κ2) is 6.97. The van der Waals surface area contributed by atoms with Crippen LogP contribution in [0.15, 0.2) is 59.7 Å². The van der Waals surface area contributed by atoms with Gasteiger partial charge in [0.15, 0.2) is 0 Å². The molecular weight excluding hydrogens is 344 g/mol. The highest BCUT2D eigenvalue weighted by Gasteiger charge is 2.38. The lowest BCUT2D eigenvalue weighted by atomic mass is 9.93. The Morgan fingerprint density at radius 3 is 2.32 bits per heavy atom. The van der Waals surface area contributed by atoms with Crippen LogP contribution in [0.3, 0.4) is 0 Å². The Morgan fingerprint density at radius 2 is 1.64 bits per heavy atom. The maximum Gasteiger partial charge on any atom is 0.250 e. The molecule has 0 N–H and O–H groups in total. The fourth-order valence-electron chi connectivity index (χ4n) is 4.54. The van der Waals surface area contributed by atoms with Crippen molar-refractivity contribution >= 4 is 16.8 Å². The van der Waals surface area contributed by atoms with E-state index < -0.39 is 0 Å². The van der Waals surface area contributed by atoms with Crippen LogP contribution in [-0.2, 0) is 11.8 Å². The van der Waals surface area contributed by atoms with Gasteiger partial charge in [0.2, 0.25) is 5.91 Å². The number of hydrogen-bond acceptors (Lipinski definition) is 1. The summed E-state index contributed by atoms with van der Waals surface area (Å²) in [6.45, 7) is 9.11. The summed E-state index contributed by atoms with van der Waals surface area (Å²) in [5.74, 6) is 0.173. The van der Waals surface area contributed by atoms with Crippen molar-refractivity contribution in [3.8, 4) is 11.3 Å². The summed E-state index contributed by atoms with van der Waals surface area (Å²) in [7, 11) is 2.13. The fourth-order valence-corrected chi connectivity index (χ4v) is 4.54. The molecule has 0 radical (unpaired) electrons.